The summed E-state index contributed by atoms with van der Waals surface area (Å²) in [7, 11) is 3.16. The van der Waals surface area contributed by atoms with Gasteiger partial charge in [-0.05, 0) is 31.1 Å². The molecule has 1 aromatic carbocycles. The molecule has 1 aliphatic rings. The zero-order valence-electron chi connectivity index (χ0n) is 10.2. The summed E-state index contributed by atoms with van der Waals surface area (Å²) in [6.07, 6.45) is 0.579. The summed E-state index contributed by atoms with van der Waals surface area (Å²) in [5.41, 5.74) is 0.639. The number of nitrogens with one attached hydrogen (secondary N) is 1. The highest BCUT2D eigenvalue weighted by molar-refractivity contribution is 5.99. The van der Waals surface area contributed by atoms with Gasteiger partial charge in [-0.15, -0.1) is 0 Å². The third-order valence-corrected chi connectivity index (χ3v) is 3.05. The molecular weight excluding hydrogens is 218 g/mol. The van der Waals surface area contributed by atoms with E-state index in [4.69, 9.17) is 9.47 Å². The fraction of sp³-hybridized carbons (Fsp3) is 0.462. The van der Waals surface area contributed by atoms with Crippen molar-refractivity contribution in [1.29, 1.82) is 0 Å². The number of ether oxygens (including phenoxy) is 2. The number of methoxy groups -OCH3 is 2. The molecule has 92 valence electrons. The van der Waals surface area contributed by atoms with Gasteiger partial charge < -0.3 is 14.8 Å². The van der Waals surface area contributed by atoms with Gasteiger partial charge in [0.15, 0.2) is 5.78 Å². The Morgan fingerprint density at radius 2 is 2.12 bits per heavy atom. The first-order valence-electron chi connectivity index (χ1n) is 5.70. The molecule has 1 fully saturated rings. The van der Waals surface area contributed by atoms with Gasteiger partial charge in [-0.25, -0.2) is 0 Å². The summed E-state index contributed by atoms with van der Waals surface area (Å²) in [6.45, 7) is 1.87. The van der Waals surface area contributed by atoms with Crippen LogP contribution in [0.4, 0.5) is 0 Å². The van der Waals surface area contributed by atoms with E-state index < -0.39 is 0 Å². The number of hydrogen-bond donors (Lipinski definition) is 1. The maximum Gasteiger partial charge on any atom is 0.166 e. The van der Waals surface area contributed by atoms with Gasteiger partial charge in [0.2, 0.25) is 0 Å². The van der Waals surface area contributed by atoms with Crippen molar-refractivity contribution in [3.8, 4) is 11.5 Å². The molecule has 1 saturated heterocycles. The first kappa shape index (κ1) is 11.9. The van der Waals surface area contributed by atoms with Crippen molar-refractivity contribution < 1.29 is 14.3 Å². The molecule has 17 heavy (non-hydrogen) atoms. The molecule has 1 N–H and O–H groups in total. The highest BCUT2D eigenvalue weighted by Crippen LogP contribution is 2.26. The van der Waals surface area contributed by atoms with Crippen LogP contribution in [0.15, 0.2) is 18.2 Å². The van der Waals surface area contributed by atoms with E-state index in [2.05, 4.69) is 5.32 Å². The van der Waals surface area contributed by atoms with Crippen LogP contribution in [0.25, 0.3) is 0 Å². The van der Waals surface area contributed by atoms with Crippen molar-refractivity contribution in [3.63, 3.8) is 0 Å². The van der Waals surface area contributed by atoms with Crippen LogP contribution < -0.4 is 14.8 Å². The van der Waals surface area contributed by atoms with Gasteiger partial charge in [0.05, 0.1) is 19.8 Å². The molecule has 1 aliphatic heterocycles. The van der Waals surface area contributed by atoms with E-state index in [1.807, 2.05) is 0 Å². The third-order valence-electron chi connectivity index (χ3n) is 3.05. The lowest BCUT2D eigenvalue weighted by molar-refractivity contribution is 0.0942. The standard InChI is InChI=1S/C13H17NO3/c1-16-10-3-4-11(13(6-10)17-2)12(15)5-9-7-14-8-9/h3-4,6,9,14H,5,7-8H2,1-2H3. The lowest BCUT2D eigenvalue weighted by atomic mass is 9.93. The van der Waals surface area contributed by atoms with Crippen LogP contribution in [0.5, 0.6) is 11.5 Å². The second-order valence-corrected chi connectivity index (χ2v) is 4.22. The summed E-state index contributed by atoms with van der Waals surface area (Å²) >= 11 is 0. The number of ketones is 1. The quantitative estimate of drug-likeness (QED) is 0.786. The van der Waals surface area contributed by atoms with Crippen molar-refractivity contribution in [2.24, 2.45) is 5.92 Å². The van der Waals surface area contributed by atoms with Gasteiger partial charge >= 0.3 is 0 Å². The van der Waals surface area contributed by atoms with Crippen LogP contribution in [0.2, 0.25) is 0 Å². The molecule has 2 rings (SSSR count). The summed E-state index contributed by atoms with van der Waals surface area (Å²) in [5, 5.41) is 3.16. The minimum Gasteiger partial charge on any atom is -0.497 e. The number of carbonyl (C=O) groups excluding carboxylic acids is 1. The Morgan fingerprint density at radius 1 is 1.35 bits per heavy atom. The van der Waals surface area contributed by atoms with Crippen LogP contribution in [-0.4, -0.2) is 33.1 Å². The molecular formula is C13H17NO3. The molecule has 4 nitrogen and oxygen atoms in total. The van der Waals surface area contributed by atoms with Crippen molar-refractivity contribution in [2.75, 3.05) is 27.3 Å². The number of Topliss-reactive ketones (excluding diaryl/α,β-unsaturated/α-hetero) is 1. The average molecular weight is 235 g/mol. The average Bonchev–Trinajstić information content (AvgIpc) is 2.32. The smallest absolute Gasteiger partial charge is 0.166 e. The van der Waals surface area contributed by atoms with E-state index in [0.717, 1.165) is 13.1 Å². The highest BCUT2D eigenvalue weighted by atomic mass is 16.5. The Hall–Kier alpha value is -1.55. The first-order chi connectivity index (χ1) is 8.24. The lowest BCUT2D eigenvalue weighted by Gasteiger charge is -2.26. The monoisotopic (exact) mass is 235 g/mol. The molecule has 4 heteroatoms. The van der Waals surface area contributed by atoms with E-state index in [0.29, 0.717) is 29.4 Å². The van der Waals surface area contributed by atoms with Gasteiger partial charge in [-0.1, -0.05) is 0 Å². The van der Waals surface area contributed by atoms with E-state index in [-0.39, 0.29) is 5.78 Å². The van der Waals surface area contributed by atoms with Crippen molar-refractivity contribution in [1.82, 2.24) is 5.32 Å². The molecule has 0 bridgehead atoms. The number of rotatable bonds is 5. The molecule has 0 amide bonds. The Balaban J connectivity index is 2.15. The van der Waals surface area contributed by atoms with E-state index in [1.54, 1.807) is 32.4 Å². The van der Waals surface area contributed by atoms with Gasteiger partial charge in [0.1, 0.15) is 11.5 Å². The molecule has 1 heterocycles. The van der Waals surface area contributed by atoms with Crippen molar-refractivity contribution >= 4 is 5.78 Å². The van der Waals surface area contributed by atoms with Crippen LogP contribution >= 0.6 is 0 Å². The predicted molar refractivity (Wildman–Crippen MR) is 64.9 cm³/mol. The molecule has 0 aromatic heterocycles. The van der Waals surface area contributed by atoms with Gasteiger partial charge in [-0.2, -0.15) is 0 Å². The number of carbonyl (C=O) groups is 1. The Kier molecular flexibility index (Phi) is 3.64. The van der Waals surface area contributed by atoms with Crippen molar-refractivity contribution in [3.05, 3.63) is 23.8 Å². The molecule has 0 saturated carbocycles. The second kappa shape index (κ2) is 5.19. The molecule has 0 unspecified atom stereocenters. The fourth-order valence-electron chi connectivity index (χ4n) is 1.89. The highest BCUT2D eigenvalue weighted by Gasteiger charge is 2.22. The van der Waals surface area contributed by atoms with Gasteiger partial charge in [0.25, 0.3) is 0 Å². The summed E-state index contributed by atoms with van der Waals surface area (Å²) in [4.78, 5) is 12.1. The van der Waals surface area contributed by atoms with Crippen LogP contribution in [-0.2, 0) is 0 Å². The summed E-state index contributed by atoms with van der Waals surface area (Å²) in [5.74, 6) is 1.88. The normalized spacial score (nSPS) is 15.2. The predicted octanol–water partition coefficient (Wildman–Crippen LogP) is 1.50. The minimum absolute atomic E-state index is 0.135. The number of benzene rings is 1. The molecule has 0 aliphatic carbocycles. The second-order valence-electron chi connectivity index (χ2n) is 4.22. The summed E-state index contributed by atoms with van der Waals surface area (Å²) in [6, 6.07) is 5.30. The summed E-state index contributed by atoms with van der Waals surface area (Å²) < 4.78 is 10.3. The Labute approximate surface area is 101 Å². The minimum atomic E-state index is 0.135. The Bertz CT molecular complexity index is 413. The Morgan fingerprint density at radius 3 is 2.65 bits per heavy atom. The maximum absolute atomic E-state index is 12.1. The fourth-order valence-corrected chi connectivity index (χ4v) is 1.89. The lowest BCUT2D eigenvalue weighted by Crippen LogP contribution is -2.42. The maximum atomic E-state index is 12.1. The third kappa shape index (κ3) is 2.58. The van der Waals surface area contributed by atoms with E-state index >= 15 is 0 Å². The first-order valence-corrected chi connectivity index (χ1v) is 5.70. The molecule has 0 spiro atoms. The van der Waals surface area contributed by atoms with Crippen LogP contribution in [0.3, 0.4) is 0 Å². The zero-order valence-corrected chi connectivity index (χ0v) is 10.2. The largest absolute Gasteiger partial charge is 0.497 e. The number of hydrogen-bond acceptors (Lipinski definition) is 4. The molecule has 0 radical (unpaired) electrons. The SMILES string of the molecule is COc1ccc(C(=O)CC2CNC2)c(OC)c1. The van der Waals surface area contributed by atoms with Crippen molar-refractivity contribution in [2.45, 2.75) is 6.42 Å². The topological polar surface area (TPSA) is 47.6 Å². The molecule has 0 atom stereocenters. The van der Waals surface area contributed by atoms with Crippen LogP contribution in [0, 0.1) is 5.92 Å². The van der Waals surface area contributed by atoms with Crippen LogP contribution in [0.1, 0.15) is 16.8 Å². The zero-order chi connectivity index (χ0) is 12.3. The van der Waals surface area contributed by atoms with Gasteiger partial charge in [-0.3, -0.25) is 4.79 Å². The molecule has 1 aromatic rings. The van der Waals surface area contributed by atoms with Gasteiger partial charge in [0, 0.05) is 12.5 Å². The van der Waals surface area contributed by atoms with E-state index in [9.17, 15) is 4.79 Å². The van der Waals surface area contributed by atoms with E-state index in [1.165, 1.54) is 0 Å².